The molecule has 2 atom stereocenters. The first-order valence-corrected chi connectivity index (χ1v) is 8.16. The molecule has 1 aromatic rings. The maximum Gasteiger partial charge on any atom is 0.329 e. The van der Waals surface area contributed by atoms with Gasteiger partial charge in [0.15, 0.2) is 0 Å². The van der Waals surface area contributed by atoms with Crippen molar-refractivity contribution in [1.82, 2.24) is 4.90 Å². The number of morpholine rings is 1. The van der Waals surface area contributed by atoms with E-state index in [0.717, 1.165) is 5.56 Å². The predicted molar refractivity (Wildman–Crippen MR) is 81.1 cm³/mol. The average molecular weight is 305 g/mol. The Labute approximate surface area is 128 Å². The van der Waals surface area contributed by atoms with E-state index in [-0.39, 0.29) is 24.0 Å². The monoisotopic (exact) mass is 305 g/mol. The Bertz CT molecular complexity index is 555. The number of rotatable bonds is 4. The molecule has 112 valence electrons. The maximum absolute atomic E-state index is 12.3. The third-order valence-electron chi connectivity index (χ3n) is 3.79. The summed E-state index contributed by atoms with van der Waals surface area (Å²) in [6, 6.07) is 7.75. The summed E-state index contributed by atoms with van der Waals surface area (Å²) in [5, 5.41) is 0.545. The average Bonchev–Trinajstić information content (AvgIpc) is 2.99. The molecule has 0 unspecified atom stereocenters. The van der Waals surface area contributed by atoms with Gasteiger partial charge in [-0.05, 0) is 17.7 Å². The van der Waals surface area contributed by atoms with E-state index in [2.05, 4.69) is 26.0 Å². The number of benzene rings is 1. The molecule has 2 heterocycles. The van der Waals surface area contributed by atoms with Crippen LogP contribution in [0.5, 0.6) is 0 Å². The lowest BCUT2D eigenvalue weighted by atomic mass is 10.1. The van der Waals surface area contributed by atoms with Gasteiger partial charge in [-0.3, -0.25) is 4.79 Å². The minimum absolute atomic E-state index is 0.0170. The van der Waals surface area contributed by atoms with Gasteiger partial charge in [-0.25, -0.2) is 4.79 Å². The lowest BCUT2D eigenvalue weighted by molar-refractivity contribution is -0.156. The second-order valence-electron chi connectivity index (χ2n) is 5.84. The first-order valence-electron chi connectivity index (χ1n) is 7.28. The number of carbonyl (C=O) groups excluding carboxylic acids is 2. The highest BCUT2D eigenvalue weighted by Gasteiger charge is 2.48. The number of fused-ring (bicyclic) bond motifs is 2. The Morgan fingerprint density at radius 1 is 1.38 bits per heavy atom. The fraction of sp³-hybridized carbons (Fsp3) is 0.500. The SMILES string of the molecule is CC(C)Sc1ccc(CC(=O)N2C[C@H]3C[C@@H]2C(=O)O3)cc1. The fourth-order valence-corrected chi connectivity index (χ4v) is 3.70. The van der Waals surface area contributed by atoms with Crippen LogP contribution >= 0.6 is 11.8 Å². The van der Waals surface area contributed by atoms with Gasteiger partial charge >= 0.3 is 5.97 Å². The molecule has 4 nitrogen and oxygen atoms in total. The highest BCUT2D eigenvalue weighted by Crippen LogP contribution is 2.29. The Balaban J connectivity index is 1.61. The van der Waals surface area contributed by atoms with Crippen molar-refractivity contribution in [3.8, 4) is 0 Å². The minimum Gasteiger partial charge on any atom is -0.459 e. The molecular weight excluding hydrogens is 286 g/mol. The Morgan fingerprint density at radius 3 is 2.67 bits per heavy atom. The summed E-state index contributed by atoms with van der Waals surface area (Å²) < 4.78 is 5.11. The molecule has 0 aromatic heterocycles. The van der Waals surface area contributed by atoms with Crippen molar-refractivity contribution in [2.75, 3.05) is 6.54 Å². The molecule has 0 saturated carbocycles. The molecule has 21 heavy (non-hydrogen) atoms. The Kier molecular flexibility index (Phi) is 3.93. The van der Waals surface area contributed by atoms with Crippen LogP contribution in [0, 0.1) is 0 Å². The van der Waals surface area contributed by atoms with Crippen molar-refractivity contribution in [3.05, 3.63) is 29.8 Å². The molecule has 1 aromatic carbocycles. The van der Waals surface area contributed by atoms with Crippen LogP contribution in [0.2, 0.25) is 0 Å². The van der Waals surface area contributed by atoms with Crippen molar-refractivity contribution in [2.45, 2.75) is 49.0 Å². The van der Waals surface area contributed by atoms with Gasteiger partial charge in [-0.2, -0.15) is 0 Å². The molecule has 0 N–H and O–H groups in total. The van der Waals surface area contributed by atoms with Gasteiger partial charge < -0.3 is 9.64 Å². The zero-order valence-corrected chi connectivity index (χ0v) is 13.1. The van der Waals surface area contributed by atoms with Gasteiger partial charge in [0.05, 0.1) is 13.0 Å². The lowest BCUT2D eigenvalue weighted by Crippen LogP contribution is -2.44. The molecule has 0 radical (unpaired) electrons. The standard InChI is InChI=1S/C16H19NO3S/c1-10(2)21-13-5-3-11(4-6-13)7-15(18)17-9-12-8-14(17)16(19)20-12/h3-6,10,12,14H,7-9H2,1-2H3/t12-,14-/m1/s1. The number of likely N-dealkylation sites (tertiary alicyclic amines) is 1. The molecular formula is C16H19NO3S. The van der Waals surface area contributed by atoms with E-state index in [4.69, 9.17) is 4.74 Å². The van der Waals surface area contributed by atoms with Crippen molar-refractivity contribution in [3.63, 3.8) is 0 Å². The number of hydrogen-bond donors (Lipinski definition) is 0. The number of nitrogens with zero attached hydrogens (tertiary/aromatic N) is 1. The number of thioether (sulfide) groups is 1. The third kappa shape index (κ3) is 3.07. The zero-order chi connectivity index (χ0) is 15.0. The molecule has 5 heteroatoms. The number of ether oxygens (including phenoxy) is 1. The van der Waals surface area contributed by atoms with Gasteiger partial charge in [0.2, 0.25) is 5.91 Å². The molecule has 3 rings (SSSR count). The first kappa shape index (κ1) is 14.4. The van der Waals surface area contributed by atoms with Crippen LogP contribution in [0.3, 0.4) is 0 Å². The largest absolute Gasteiger partial charge is 0.459 e. The smallest absolute Gasteiger partial charge is 0.329 e. The summed E-state index contributed by atoms with van der Waals surface area (Å²) in [6.07, 6.45) is 0.925. The van der Waals surface area contributed by atoms with Crippen molar-refractivity contribution < 1.29 is 14.3 Å². The van der Waals surface area contributed by atoms with Gasteiger partial charge in [0.1, 0.15) is 12.1 Å². The first-order chi connectivity index (χ1) is 10.0. The number of carbonyl (C=O) groups is 2. The van der Waals surface area contributed by atoms with Gasteiger partial charge in [0.25, 0.3) is 0 Å². The van der Waals surface area contributed by atoms with Gasteiger partial charge in [-0.1, -0.05) is 26.0 Å². The van der Waals surface area contributed by atoms with E-state index in [1.807, 2.05) is 12.1 Å². The Hall–Kier alpha value is -1.49. The summed E-state index contributed by atoms with van der Waals surface area (Å²) in [5.74, 6) is -0.230. The van der Waals surface area contributed by atoms with Crippen LogP contribution in [0.25, 0.3) is 0 Å². The summed E-state index contributed by atoms with van der Waals surface area (Å²) in [4.78, 5) is 26.7. The summed E-state index contributed by atoms with van der Waals surface area (Å²) in [6.45, 7) is 4.86. The van der Waals surface area contributed by atoms with E-state index >= 15 is 0 Å². The number of amides is 1. The quantitative estimate of drug-likeness (QED) is 0.632. The topological polar surface area (TPSA) is 46.6 Å². The molecule has 0 spiro atoms. The van der Waals surface area contributed by atoms with Crippen LogP contribution in [0.4, 0.5) is 0 Å². The molecule has 1 amide bonds. The van der Waals surface area contributed by atoms with E-state index in [0.29, 0.717) is 24.6 Å². The minimum atomic E-state index is -0.349. The fourth-order valence-electron chi connectivity index (χ4n) is 2.86. The highest BCUT2D eigenvalue weighted by molar-refractivity contribution is 7.99. The normalized spacial score (nSPS) is 23.8. The predicted octanol–water partition coefficient (Wildman–Crippen LogP) is 2.26. The number of esters is 1. The van der Waals surface area contributed by atoms with Crippen LogP contribution in [-0.4, -0.2) is 40.7 Å². The van der Waals surface area contributed by atoms with E-state index in [1.54, 1.807) is 16.7 Å². The molecule has 2 aliphatic rings. The molecule has 2 fully saturated rings. The molecule has 2 bridgehead atoms. The third-order valence-corrected chi connectivity index (χ3v) is 4.80. The van der Waals surface area contributed by atoms with Gasteiger partial charge in [0, 0.05) is 16.6 Å². The Morgan fingerprint density at radius 2 is 2.10 bits per heavy atom. The summed E-state index contributed by atoms with van der Waals surface area (Å²) >= 11 is 1.80. The van der Waals surface area contributed by atoms with Crippen LogP contribution < -0.4 is 0 Å². The van der Waals surface area contributed by atoms with E-state index in [9.17, 15) is 9.59 Å². The van der Waals surface area contributed by atoms with Crippen LogP contribution in [-0.2, 0) is 20.7 Å². The maximum atomic E-state index is 12.3. The second kappa shape index (κ2) is 5.72. The van der Waals surface area contributed by atoms with E-state index in [1.165, 1.54) is 4.90 Å². The van der Waals surface area contributed by atoms with Crippen molar-refractivity contribution in [2.24, 2.45) is 0 Å². The van der Waals surface area contributed by atoms with E-state index < -0.39 is 0 Å². The number of hydrogen-bond acceptors (Lipinski definition) is 4. The lowest BCUT2D eigenvalue weighted by Gasteiger charge is -2.25. The molecule has 0 aliphatic carbocycles. The van der Waals surface area contributed by atoms with Crippen molar-refractivity contribution in [1.29, 1.82) is 0 Å². The highest BCUT2D eigenvalue weighted by atomic mass is 32.2. The van der Waals surface area contributed by atoms with Crippen LogP contribution in [0.1, 0.15) is 25.8 Å². The van der Waals surface area contributed by atoms with Gasteiger partial charge in [-0.15, -0.1) is 11.8 Å². The van der Waals surface area contributed by atoms with Crippen LogP contribution in [0.15, 0.2) is 29.2 Å². The molecule has 2 aliphatic heterocycles. The van der Waals surface area contributed by atoms with Crippen molar-refractivity contribution >= 4 is 23.6 Å². The summed E-state index contributed by atoms with van der Waals surface area (Å²) in [7, 11) is 0. The second-order valence-corrected chi connectivity index (χ2v) is 7.49. The zero-order valence-electron chi connectivity index (χ0n) is 12.2. The molecule has 2 saturated heterocycles. The summed E-state index contributed by atoms with van der Waals surface area (Å²) in [5.41, 5.74) is 0.990.